The minimum Gasteiger partial charge on any atom is -0.266 e. The lowest BCUT2D eigenvalue weighted by Crippen LogP contribution is -2.23. The summed E-state index contributed by atoms with van der Waals surface area (Å²) in [6.07, 6.45) is 5.38. The van der Waals surface area contributed by atoms with E-state index in [0.717, 1.165) is 5.56 Å². The fourth-order valence-corrected chi connectivity index (χ4v) is 3.95. The Morgan fingerprint density at radius 1 is 1.04 bits per heavy atom. The van der Waals surface area contributed by atoms with Crippen LogP contribution in [0.5, 0.6) is 0 Å². The molecule has 4 rings (SSSR count). The highest BCUT2D eigenvalue weighted by atomic mass is 35.5. The van der Waals surface area contributed by atoms with Gasteiger partial charge in [0, 0.05) is 15.6 Å². The molecule has 0 aliphatic carbocycles. The second kappa shape index (κ2) is 7.27. The minimum atomic E-state index is -0.242. The Labute approximate surface area is 169 Å². The molecule has 0 radical (unpaired) electrons. The van der Waals surface area contributed by atoms with Crippen LogP contribution in [0.25, 0.3) is 23.2 Å². The Balaban J connectivity index is 1.71. The molecule has 134 valence electrons. The van der Waals surface area contributed by atoms with E-state index in [2.05, 4.69) is 10.1 Å². The van der Waals surface area contributed by atoms with Gasteiger partial charge < -0.3 is 0 Å². The molecule has 0 fully saturated rings. The number of aryl methyl sites for hydroxylation is 1. The second-order valence-electron chi connectivity index (χ2n) is 5.96. The Morgan fingerprint density at radius 2 is 1.74 bits per heavy atom. The van der Waals surface area contributed by atoms with Gasteiger partial charge in [0.1, 0.15) is 0 Å². The fourth-order valence-electron chi connectivity index (χ4n) is 2.55. The highest BCUT2D eigenvalue weighted by Crippen LogP contribution is 2.24. The molecule has 0 aliphatic heterocycles. The quantitative estimate of drug-likeness (QED) is 0.497. The topological polar surface area (TPSA) is 47.3 Å². The number of hydrogen-bond acceptors (Lipinski definition) is 4. The van der Waals surface area contributed by atoms with Crippen LogP contribution in [0.3, 0.4) is 0 Å². The molecule has 4 nitrogen and oxygen atoms in total. The third-order valence-corrected chi connectivity index (χ3v) is 5.59. The van der Waals surface area contributed by atoms with E-state index >= 15 is 0 Å². The molecule has 0 N–H and O–H groups in total. The number of aromatic nitrogens is 3. The smallest absolute Gasteiger partial charge is 0.266 e. The number of nitrogens with zero attached hydrogens (tertiary/aromatic N) is 3. The number of rotatable bonds is 3. The second-order valence-corrected chi connectivity index (χ2v) is 7.78. The van der Waals surface area contributed by atoms with Crippen LogP contribution in [0, 0.1) is 6.92 Å². The fraction of sp³-hybridized carbons (Fsp3) is 0.0500. The molecule has 0 bridgehead atoms. The first-order valence-corrected chi connectivity index (χ1v) is 9.68. The molecule has 0 aliphatic rings. The van der Waals surface area contributed by atoms with Crippen molar-refractivity contribution in [1.82, 2.24) is 14.6 Å². The normalized spacial score (nSPS) is 12.5. The van der Waals surface area contributed by atoms with Gasteiger partial charge in [-0.2, -0.15) is 9.50 Å². The minimum absolute atomic E-state index is 0.242. The standard InChI is InChI=1S/C20H13Cl2N3OS/c1-12-5-7-13(8-6-12)9-10-18-23-20-25(24-18)19(26)17(27-20)11-14-15(21)3-2-4-16(14)22/h2-11H,1H3/b10-9+,17-11-. The van der Waals surface area contributed by atoms with Crippen molar-refractivity contribution in [2.75, 3.05) is 0 Å². The van der Waals surface area contributed by atoms with Crippen LogP contribution in [0.1, 0.15) is 22.5 Å². The molecular formula is C20H13Cl2N3OS. The van der Waals surface area contributed by atoms with E-state index in [0.29, 0.717) is 30.9 Å². The van der Waals surface area contributed by atoms with Crippen LogP contribution in [-0.4, -0.2) is 14.6 Å². The molecule has 2 heterocycles. The van der Waals surface area contributed by atoms with Gasteiger partial charge in [-0.1, -0.05) is 76.5 Å². The monoisotopic (exact) mass is 413 g/mol. The van der Waals surface area contributed by atoms with Gasteiger partial charge in [-0.3, -0.25) is 4.79 Å². The van der Waals surface area contributed by atoms with Crippen molar-refractivity contribution in [3.63, 3.8) is 0 Å². The molecule has 2 aromatic heterocycles. The number of fused-ring (bicyclic) bond motifs is 1. The summed E-state index contributed by atoms with van der Waals surface area (Å²) in [6, 6.07) is 13.3. The zero-order valence-electron chi connectivity index (χ0n) is 14.2. The Bertz CT molecular complexity index is 1250. The molecule has 0 spiro atoms. The van der Waals surface area contributed by atoms with Crippen molar-refractivity contribution in [1.29, 1.82) is 0 Å². The highest BCUT2D eigenvalue weighted by molar-refractivity contribution is 7.15. The molecule has 27 heavy (non-hydrogen) atoms. The van der Waals surface area contributed by atoms with Crippen molar-refractivity contribution < 1.29 is 0 Å². The van der Waals surface area contributed by atoms with Gasteiger partial charge in [0.15, 0.2) is 5.82 Å². The first-order chi connectivity index (χ1) is 13.0. The van der Waals surface area contributed by atoms with Crippen molar-refractivity contribution in [2.24, 2.45) is 0 Å². The van der Waals surface area contributed by atoms with Gasteiger partial charge in [-0.05, 0) is 36.8 Å². The van der Waals surface area contributed by atoms with Crippen molar-refractivity contribution in [2.45, 2.75) is 6.92 Å². The van der Waals surface area contributed by atoms with E-state index in [9.17, 15) is 4.79 Å². The molecule has 2 aromatic carbocycles. The lowest BCUT2D eigenvalue weighted by Gasteiger charge is -1.99. The average molecular weight is 414 g/mol. The van der Waals surface area contributed by atoms with E-state index in [4.69, 9.17) is 23.2 Å². The molecule has 0 amide bonds. The maximum atomic E-state index is 12.6. The van der Waals surface area contributed by atoms with Crippen molar-refractivity contribution >= 4 is 57.7 Å². The summed E-state index contributed by atoms with van der Waals surface area (Å²) in [4.78, 5) is 17.5. The summed E-state index contributed by atoms with van der Waals surface area (Å²) in [5, 5.41) is 5.26. The highest BCUT2D eigenvalue weighted by Gasteiger charge is 2.10. The molecule has 0 saturated carbocycles. The number of halogens is 2. The number of thiazole rings is 1. The van der Waals surface area contributed by atoms with Gasteiger partial charge in [-0.25, -0.2) is 0 Å². The SMILES string of the molecule is Cc1ccc(/C=C/c2nc3s/c(=C\c4c(Cl)cccc4Cl)c(=O)n3n2)cc1. The number of benzene rings is 2. The maximum Gasteiger partial charge on any atom is 0.291 e. The van der Waals surface area contributed by atoms with E-state index in [1.54, 1.807) is 30.4 Å². The van der Waals surface area contributed by atoms with E-state index < -0.39 is 0 Å². The summed E-state index contributed by atoms with van der Waals surface area (Å²) in [5.41, 5.74) is 2.62. The molecule has 0 saturated heterocycles. The summed E-state index contributed by atoms with van der Waals surface area (Å²) in [5.74, 6) is 0.487. The summed E-state index contributed by atoms with van der Waals surface area (Å²) in [6.45, 7) is 2.04. The van der Waals surface area contributed by atoms with Crippen LogP contribution in [0.4, 0.5) is 0 Å². The van der Waals surface area contributed by atoms with Gasteiger partial charge in [0.05, 0.1) is 4.53 Å². The van der Waals surface area contributed by atoms with E-state index in [1.807, 2.05) is 37.3 Å². The van der Waals surface area contributed by atoms with Gasteiger partial charge >= 0.3 is 0 Å². The van der Waals surface area contributed by atoms with E-state index in [-0.39, 0.29) is 5.56 Å². The first-order valence-electron chi connectivity index (χ1n) is 8.11. The predicted octanol–water partition coefficient (Wildman–Crippen LogP) is 4.48. The van der Waals surface area contributed by atoms with Crippen LogP contribution in [-0.2, 0) is 0 Å². The van der Waals surface area contributed by atoms with Gasteiger partial charge in [-0.15, -0.1) is 5.10 Å². The molecule has 7 heteroatoms. The zero-order chi connectivity index (χ0) is 19.0. The summed E-state index contributed by atoms with van der Waals surface area (Å²) >= 11 is 13.6. The molecule has 0 atom stereocenters. The van der Waals surface area contributed by atoms with Gasteiger partial charge in [0.2, 0.25) is 4.96 Å². The maximum absolute atomic E-state index is 12.6. The largest absolute Gasteiger partial charge is 0.291 e. The Kier molecular flexibility index (Phi) is 4.83. The molecule has 0 unspecified atom stereocenters. The van der Waals surface area contributed by atoms with Crippen molar-refractivity contribution in [3.05, 3.63) is 89.9 Å². The average Bonchev–Trinajstić information content (AvgIpc) is 3.17. The zero-order valence-corrected chi connectivity index (χ0v) is 16.5. The molecular weight excluding hydrogens is 401 g/mol. The third kappa shape index (κ3) is 3.67. The number of hydrogen-bond donors (Lipinski definition) is 0. The molecule has 4 aromatic rings. The first kappa shape index (κ1) is 17.9. The predicted molar refractivity (Wildman–Crippen MR) is 112 cm³/mol. The van der Waals surface area contributed by atoms with Crippen LogP contribution in [0.15, 0.2) is 47.3 Å². The van der Waals surface area contributed by atoms with Gasteiger partial charge in [0.25, 0.3) is 5.56 Å². The summed E-state index contributed by atoms with van der Waals surface area (Å²) in [7, 11) is 0. The van der Waals surface area contributed by atoms with Crippen molar-refractivity contribution in [3.8, 4) is 0 Å². The lowest BCUT2D eigenvalue weighted by molar-refractivity contribution is 0.925. The third-order valence-electron chi connectivity index (χ3n) is 3.98. The van der Waals surface area contributed by atoms with Crippen LogP contribution < -0.4 is 10.1 Å². The summed E-state index contributed by atoms with van der Waals surface area (Å²) < 4.78 is 1.78. The van der Waals surface area contributed by atoms with E-state index in [1.165, 1.54) is 21.4 Å². The van der Waals surface area contributed by atoms with Crippen LogP contribution >= 0.6 is 34.5 Å². The lowest BCUT2D eigenvalue weighted by atomic mass is 10.1. The van der Waals surface area contributed by atoms with Crippen LogP contribution in [0.2, 0.25) is 10.0 Å². The Hall–Kier alpha value is -2.47. The Morgan fingerprint density at radius 3 is 2.41 bits per heavy atom.